The van der Waals surface area contributed by atoms with Crippen molar-refractivity contribution in [3.05, 3.63) is 59.7 Å². The molecule has 0 aliphatic carbocycles. The van der Waals surface area contributed by atoms with Crippen LogP contribution in [-0.4, -0.2) is 16.8 Å². The molecule has 5 nitrogen and oxygen atoms in total. The van der Waals surface area contributed by atoms with Gasteiger partial charge in [-0.1, -0.05) is 6.07 Å². The van der Waals surface area contributed by atoms with Gasteiger partial charge < -0.3 is 10.6 Å². The van der Waals surface area contributed by atoms with Gasteiger partial charge in [-0.25, -0.2) is 13.2 Å². The Morgan fingerprint density at radius 3 is 2.48 bits per heavy atom. The maximum absolute atomic E-state index is 13.4. The van der Waals surface area contributed by atoms with Crippen molar-refractivity contribution in [2.75, 3.05) is 5.32 Å². The van der Waals surface area contributed by atoms with E-state index < -0.39 is 41.4 Å². The Hall–Kier alpha value is -2.90. The van der Waals surface area contributed by atoms with Gasteiger partial charge in [0, 0.05) is 6.20 Å². The zero-order valence-corrected chi connectivity index (χ0v) is 11.8. The number of carbonyl (C=O) groups is 2. The zero-order chi connectivity index (χ0) is 16.8. The molecule has 0 saturated heterocycles. The predicted octanol–water partition coefficient (Wildman–Crippen LogP) is 2.14. The minimum Gasteiger partial charge on any atom is -0.350 e. The number of anilines is 1. The van der Waals surface area contributed by atoms with Gasteiger partial charge in [0.25, 0.3) is 0 Å². The number of amides is 2. The summed E-state index contributed by atoms with van der Waals surface area (Å²) in [5.41, 5.74) is 0.0688. The molecular formula is C15H12F3N3O2. The third-order valence-electron chi connectivity index (χ3n) is 2.82. The van der Waals surface area contributed by atoms with E-state index in [-0.39, 0.29) is 6.54 Å². The molecule has 2 rings (SSSR count). The fraction of sp³-hybridized carbons (Fsp3) is 0.133. The summed E-state index contributed by atoms with van der Waals surface area (Å²) in [7, 11) is 0. The van der Waals surface area contributed by atoms with E-state index in [2.05, 4.69) is 10.3 Å². The maximum atomic E-state index is 13.4. The Labute approximate surface area is 129 Å². The number of rotatable bonds is 5. The molecule has 0 unspecified atom stereocenters. The van der Waals surface area contributed by atoms with E-state index >= 15 is 0 Å². The monoisotopic (exact) mass is 323 g/mol. The lowest BCUT2D eigenvalue weighted by Crippen LogP contribution is -2.28. The number of pyridine rings is 1. The highest BCUT2D eigenvalue weighted by molar-refractivity contribution is 6.03. The third kappa shape index (κ3) is 4.53. The van der Waals surface area contributed by atoms with Crippen molar-refractivity contribution in [3.63, 3.8) is 0 Å². The Kier molecular flexibility index (Phi) is 5.29. The molecule has 1 aromatic carbocycles. The lowest BCUT2D eigenvalue weighted by Gasteiger charge is -2.08. The SMILES string of the molecule is O=C(CC(=O)Nc1ccc(F)c(F)c1F)NCc1ccccn1. The van der Waals surface area contributed by atoms with Crippen molar-refractivity contribution in [3.8, 4) is 0 Å². The van der Waals surface area contributed by atoms with Crippen LogP contribution in [0.2, 0.25) is 0 Å². The summed E-state index contributed by atoms with van der Waals surface area (Å²) >= 11 is 0. The van der Waals surface area contributed by atoms with Gasteiger partial charge in [-0.2, -0.15) is 0 Å². The van der Waals surface area contributed by atoms with E-state index in [1.165, 1.54) is 0 Å². The summed E-state index contributed by atoms with van der Waals surface area (Å²) in [6.07, 6.45) is 0.964. The molecule has 0 radical (unpaired) electrons. The number of hydrogen-bond acceptors (Lipinski definition) is 3. The van der Waals surface area contributed by atoms with Crippen molar-refractivity contribution in [1.29, 1.82) is 0 Å². The van der Waals surface area contributed by atoms with Crippen molar-refractivity contribution < 1.29 is 22.8 Å². The molecule has 23 heavy (non-hydrogen) atoms. The fourth-order valence-electron chi connectivity index (χ4n) is 1.72. The number of halogens is 3. The van der Waals surface area contributed by atoms with E-state index in [0.29, 0.717) is 11.8 Å². The predicted molar refractivity (Wildman–Crippen MR) is 75.6 cm³/mol. The molecule has 0 aliphatic heterocycles. The van der Waals surface area contributed by atoms with Crippen molar-refractivity contribution in [2.45, 2.75) is 13.0 Å². The van der Waals surface area contributed by atoms with Crippen molar-refractivity contribution in [1.82, 2.24) is 10.3 Å². The molecule has 2 amide bonds. The molecule has 120 valence electrons. The normalized spacial score (nSPS) is 10.2. The first-order valence-electron chi connectivity index (χ1n) is 6.57. The highest BCUT2D eigenvalue weighted by Crippen LogP contribution is 2.19. The van der Waals surface area contributed by atoms with Gasteiger partial charge in [0.15, 0.2) is 17.5 Å². The number of carbonyl (C=O) groups excluding carboxylic acids is 2. The van der Waals surface area contributed by atoms with Crippen LogP contribution in [0.1, 0.15) is 12.1 Å². The molecule has 2 N–H and O–H groups in total. The van der Waals surface area contributed by atoms with E-state index in [0.717, 1.165) is 6.07 Å². The van der Waals surface area contributed by atoms with Crippen LogP contribution in [0.5, 0.6) is 0 Å². The Morgan fingerprint density at radius 1 is 1.00 bits per heavy atom. The van der Waals surface area contributed by atoms with Gasteiger partial charge in [-0.3, -0.25) is 14.6 Å². The van der Waals surface area contributed by atoms with Crippen LogP contribution in [0, 0.1) is 17.5 Å². The number of benzene rings is 1. The number of aromatic nitrogens is 1. The van der Waals surface area contributed by atoms with Crippen molar-refractivity contribution in [2.24, 2.45) is 0 Å². The Morgan fingerprint density at radius 2 is 1.78 bits per heavy atom. The summed E-state index contributed by atoms with van der Waals surface area (Å²) in [6, 6.07) is 6.70. The average molecular weight is 323 g/mol. The Balaban J connectivity index is 1.87. The standard InChI is InChI=1S/C15H12F3N3O2/c16-10-4-5-11(15(18)14(10)17)21-13(23)7-12(22)20-8-9-3-1-2-6-19-9/h1-6H,7-8H2,(H,20,22)(H,21,23). The van der Waals surface area contributed by atoms with Crippen LogP contribution < -0.4 is 10.6 Å². The van der Waals surface area contributed by atoms with Gasteiger partial charge in [-0.05, 0) is 24.3 Å². The zero-order valence-electron chi connectivity index (χ0n) is 11.8. The minimum absolute atomic E-state index is 0.131. The number of nitrogens with zero attached hydrogens (tertiary/aromatic N) is 1. The topological polar surface area (TPSA) is 71.1 Å². The van der Waals surface area contributed by atoms with Gasteiger partial charge in [0.2, 0.25) is 11.8 Å². The molecule has 8 heteroatoms. The maximum Gasteiger partial charge on any atom is 0.233 e. The van der Waals surface area contributed by atoms with Crippen LogP contribution >= 0.6 is 0 Å². The first-order valence-corrected chi connectivity index (χ1v) is 6.57. The molecule has 0 aliphatic rings. The Bertz CT molecular complexity index is 723. The van der Waals surface area contributed by atoms with E-state index in [4.69, 9.17) is 0 Å². The van der Waals surface area contributed by atoms with E-state index in [9.17, 15) is 22.8 Å². The van der Waals surface area contributed by atoms with E-state index in [1.807, 2.05) is 5.32 Å². The summed E-state index contributed by atoms with van der Waals surface area (Å²) in [6.45, 7) is 0.131. The fourth-order valence-corrected chi connectivity index (χ4v) is 1.72. The van der Waals surface area contributed by atoms with Crippen LogP contribution in [-0.2, 0) is 16.1 Å². The summed E-state index contributed by atoms with van der Waals surface area (Å²) in [5, 5.41) is 4.47. The van der Waals surface area contributed by atoms with Gasteiger partial charge in [0.1, 0.15) is 6.42 Å². The quantitative estimate of drug-likeness (QED) is 0.654. The van der Waals surface area contributed by atoms with Crippen molar-refractivity contribution >= 4 is 17.5 Å². The second-order valence-corrected chi connectivity index (χ2v) is 4.55. The lowest BCUT2D eigenvalue weighted by atomic mass is 10.2. The highest BCUT2D eigenvalue weighted by atomic mass is 19.2. The van der Waals surface area contributed by atoms with Crippen LogP contribution in [0.3, 0.4) is 0 Å². The highest BCUT2D eigenvalue weighted by Gasteiger charge is 2.16. The molecule has 1 aromatic heterocycles. The van der Waals surface area contributed by atoms with Gasteiger partial charge in [-0.15, -0.1) is 0 Å². The molecule has 1 heterocycles. The molecule has 0 bridgehead atoms. The van der Waals surface area contributed by atoms with E-state index in [1.54, 1.807) is 24.4 Å². The molecule has 0 fully saturated rings. The second-order valence-electron chi connectivity index (χ2n) is 4.55. The molecule has 2 aromatic rings. The first kappa shape index (κ1) is 16.5. The summed E-state index contributed by atoms with van der Waals surface area (Å²) < 4.78 is 39.2. The lowest BCUT2D eigenvalue weighted by molar-refractivity contribution is -0.126. The van der Waals surface area contributed by atoms with Gasteiger partial charge >= 0.3 is 0 Å². The summed E-state index contributed by atoms with van der Waals surface area (Å²) in [4.78, 5) is 27.2. The minimum atomic E-state index is -1.69. The van der Waals surface area contributed by atoms with Crippen LogP contribution in [0.4, 0.5) is 18.9 Å². The largest absolute Gasteiger partial charge is 0.350 e. The van der Waals surface area contributed by atoms with Crippen LogP contribution in [0.25, 0.3) is 0 Å². The van der Waals surface area contributed by atoms with Crippen LogP contribution in [0.15, 0.2) is 36.5 Å². The number of hydrogen-bond donors (Lipinski definition) is 2. The molecule has 0 spiro atoms. The molecule has 0 atom stereocenters. The first-order chi connectivity index (χ1) is 11.0. The summed E-state index contributed by atoms with van der Waals surface area (Å²) in [5.74, 6) is -6.05. The molecule has 0 saturated carbocycles. The molecular weight excluding hydrogens is 311 g/mol. The third-order valence-corrected chi connectivity index (χ3v) is 2.82. The second kappa shape index (κ2) is 7.39. The average Bonchev–Trinajstić information content (AvgIpc) is 2.54. The smallest absolute Gasteiger partial charge is 0.233 e. The van der Waals surface area contributed by atoms with Gasteiger partial charge in [0.05, 0.1) is 17.9 Å². The number of nitrogens with one attached hydrogen (secondary N) is 2.